The van der Waals surface area contributed by atoms with E-state index in [1.54, 1.807) is 18.3 Å². The Morgan fingerprint density at radius 2 is 2.21 bits per heavy atom. The molecule has 1 aliphatic rings. The summed E-state index contributed by atoms with van der Waals surface area (Å²) in [5.41, 5.74) is 7.29. The second-order valence-corrected chi connectivity index (χ2v) is 7.02. The molecule has 3 rings (SSSR count). The Kier molecular flexibility index (Phi) is 5.41. The highest BCUT2D eigenvalue weighted by molar-refractivity contribution is 7.80. The molecule has 2 aromatic rings. The molecule has 3 heterocycles. The fourth-order valence-electron chi connectivity index (χ4n) is 2.66. The van der Waals surface area contributed by atoms with Crippen molar-refractivity contribution in [2.24, 2.45) is 10.7 Å². The van der Waals surface area contributed by atoms with Gasteiger partial charge in [-0.1, -0.05) is 0 Å². The third-order valence-corrected chi connectivity index (χ3v) is 4.03. The largest absolute Gasteiger partial charge is 0.486 e. The average molecular weight is 400 g/mol. The fraction of sp³-hybridized carbons (Fsp3) is 0.278. The summed E-state index contributed by atoms with van der Waals surface area (Å²) in [5.74, 6) is 1.33. The molecule has 0 saturated carbocycles. The minimum atomic E-state index is -0.627. The van der Waals surface area contributed by atoms with Crippen LogP contribution in [0, 0.1) is 0 Å². The monoisotopic (exact) mass is 400 g/mol. The molecule has 0 fully saturated rings. The van der Waals surface area contributed by atoms with Gasteiger partial charge in [0, 0.05) is 25.2 Å². The minimum absolute atomic E-state index is 0.0526. The molecule has 1 amide bonds. The smallest absolute Gasteiger partial charge is 0.412 e. The number of nitrogens with zero attached hydrogens (tertiary/aromatic N) is 3. The number of fused-ring (bicyclic) bond motifs is 1. The average Bonchev–Trinajstić information content (AvgIpc) is 2.95. The van der Waals surface area contributed by atoms with E-state index in [1.807, 2.05) is 19.9 Å². The minimum Gasteiger partial charge on any atom is -0.486 e. The quantitative estimate of drug-likeness (QED) is 0.406. The van der Waals surface area contributed by atoms with E-state index in [4.69, 9.17) is 27.4 Å². The Balaban J connectivity index is 1.75. The van der Waals surface area contributed by atoms with E-state index >= 15 is 0 Å². The number of hydrogen-bond donors (Lipinski definition) is 3. The Morgan fingerprint density at radius 1 is 1.43 bits per heavy atom. The zero-order valence-electron chi connectivity index (χ0n) is 15.6. The van der Waals surface area contributed by atoms with Crippen LogP contribution < -0.4 is 25.8 Å². The van der Waals surface area contributed by atoms with Crippen molar-refractivity contribution >= 4 is 35.1 Å². The van der Waals surface area contributed by atoms with Crippen molar-refractivity contribution in [2.75, 3.05) is 12.4 Å². The molecule has 0 saturated heterocycles. The standard InChI is InChI=1S/C18H20N6O3S/c1-18(2)8-10-7-11(22-9-13(10)27-18)14(19)23-16(28)24-15-12(5-4-6-21-15)26-17(25)20-3/h4-7,9H,8H2,1-3H3,(H,20,25)(H3,19,21,23,24,28). The molecule has 0 aliphatic carbocycles. The predicted octanol–water partition coefficient (Wildman–Crippen LogP) is 2.01. The van der Waals surface area contributed by atoms with E-state index in [-0.39, 0.29) is 28.1 Å². The van der Waals surface area contributed by atoms with E-state index in [0.717, 1.165) is 17.7 Å². The molecule has 2 aromatic heterocycles. The van der Waals surface area contributed by atoms with Gasteiger partial charge in [-0.3, -0.25) is 0 Å². The lowest BCUT2D eigenvalue weighted by Crippen LogP contribution is -2.24. The zero-order chi connectivity index (χ0) is 20.3. The van der Waals surface area contributed by atoms with E-state index in [2.05, 4.69) is 25.6 Å². The SMILES string of the molecule is CNC(=O)Oc1cccnc1NC(=S)/N=C(\N)c1cc2c(cn1)OC(C)(C)C2. The van der Waals surface area contributed by atoms with Gasteiger partial charge in [-0.15, -0.1) is 0 Å². The number of nitrogens with two attached hydrogens (primary N) is 1. The van der Waals surface area contributed by atoms with Crippen LogP contribution in [0.3, 0.4) is 0 Å². The topological polar surface area (TPSA) is 124 Å². The first-order chi connectivity index (χ1) is 13.3. The first-order valence-electron chi connectivity index (χ1n) is 8.45. The van der Waals surface area contributed by atoms with Gasteiger partial charge < -0.3 is 25.8 Å². The van der Waals surface area contributed by atoms with E-state index in [1.165, 1.54) is 13.2 Å². The van der Waals surface area contributed by atoms with Crippen molar-refractivity contribution in [3.63, 3.8) is 0 Å². The number of nitrogens with one attached hydrogen (secondary N) is 2. The molecular formula is C18H20N6O3S. The van der Waals surface area contributed by atoms with Crippen molar-refractivity contribution in [1.82, 2.24) is 15.3 Å². The number of hydrogen-bond acceptors (Lipinski definition) is 6. The van der Waals surface area contributed by atoms with Crippen LogP contribution in [0.25, 0.3) is 0 Å². The molecule has 0 bridgehead atoms. The van der Waals surface area contributed by atoms with Crippen LogP contribution in [0.2, 0.25) is 0 Å². The first kappa shape index (κ1) is 19.5. The van der Waals surface area contributed by atoms with Gasteiger partial charge in [0.05, 0.1) is 6.20 Å². The third-order valence-electron chi connectivity index (χ3n) is 3.84. The summed E-state index contributed by atoms with van der Waals surface area (Å²) >= 11 is 5.22. The highest BCUT2D eigenvalue weighted by atomic mass is 32.1. The number of aliphatic imine (C=N–C) groups is 1. The number of rotatable bonds is 3. The van der Waals surface area contributed by atoms with Crippen molar-refractivity contribution < 1.29 is 14.3 Å². The maximum Gasteiger partial charge on any atom is 0.412 e. The summed E-state index contributed by atoms with van der Waals surface area (Å²) in [6.07, 6.45) is 3.28. The Bertz CT molecular complexity index is 960. The van der Waals surface area contributed by atoms with Crippen molar-refractivity contribution in [3.05, 3.63) is 41.9 Å². The first-order valence-corrected chi connectivity index (χ1v) is 8.86. The van der Waals surface area contributed by atoms with Gasteiger partial charge in [0.15, 0.2) is 17.4 Å². The molecule has 0 aromatic carbocycles. The molecule has 9 nitrogen and oxygen atoms in total. The van der Waals surface area contributed by atoms with Gasteiger partial charge in [-0.05, 0) is 44.3 Å². The number of amidine groups is 1. The van der Waals surface area contributed by atoms with Gasteiger partial charge in [0.25, 0.3) is 0 Å². The van der Waals surface area contributed by atoms with E-state index in [0.29, 0.717) is 5.69 Å². The molecule has 0 radical (unpaired) electrons. The number of aromatic nitrogens is 2. The molecule has 4 N–H and O–H groups in total. The second kappa shape index (κ2) is 7.77. The lowest BCUT2D eigenvalue weighted by molar-refractivity contribution is 0.138. The van der Waals surface area contributed by atoms with E-state index in [9.17, 15) is 4.79 Å². The molecule has 10 heteroatoms. The number of carbonyl (C=O) groups excluding carboxylic acids is 1. The summed E-state index contributed by atoms with van der Waals surface area (Å²) in [6.45, 7) is 4.02. The maximum absolute atomic E-state index is 11.4. The normalized spacial score (nSPS) is 14.6. The Morgan fingerprint density at radius 3 is 2.96 bits per heavy atom. The van der Waals surface area contributed by atoms with Crippen molar-refractivity contribution in [1.29, 1.82) is 0 Å². The number of ether oxygens (including phenoxy) is 2. The van der Waals surface area contributed by atoms with Gasteiger partial charge in [0.1, 0.15) is 17.0 Å². The van der Waals surface area contributed by atoms with Gasteiger partial charge >= 0.3 is 6.09 Å². The van der Waals surface area contributed by atoms with Crippen molar-refractivity contribution in [2.45, 2.75) is 25.9 Å². The predicted molar refractivity (Wildman–Crippen MR) is 109 cm³/mol. The number of carbonyl (C=O) groups is 1. The molecule has 28 heavy (non-hydrogen) atoms. The highest BCUT2D eigenvalue weighted by Crippen LogP contribution is 2.34. The van der Waals surface area contributed by atoms with Crippen molar-refractivity contribution in [3.8, 4) is 11.5 Å². The fourth-order valence-corrected chi connectivity index (χ4v) is 2.86. The second-order valence-electron chi connectivity index (χ2n) is 6.63. The van der Waals surface area contributed by atoms with Crippen LogP contribution in [0.1, 0.15) is 25.1 Å². The third kappa shape index (κ3) is 4.52. The lowest BCUT2D eigenvalue weighted by atomic mass is 10.0. The molecular weight excluding hydrogens is 380 g/mol. The number of pyridine rings is 2. The van der Waals surface area contributed by atoms with Crippen LogP contribution in [0.5, 0.6) is 11.5 Å². The molecule has 146 valence electrons. The van der Waals surface area contributed by atoms with Crippen LogP contribution in [0.4, 0.5) is 10.6 Å². The zero-order valence-corrected chi connectivity index (χ0v) is 16.5. The summed E-state index contributed by atoms with van der Waals surface area (Å²) in [7, 11) is 1.46. The van der Waals surface area contributed by atoms with Gasteiger partial charge in [0.2, 0.25) is 5.11 Å². The number of anilines is 1. The van der Waals surface area contributed by atoms with E-state index < -0.39 is 6.09 Å². The van der Waals surface area contributed by atoms with Crippen LogP contribution >= 0.6 is 12.2 Å². The highest BCUT2D eigenvalue weighted by Gasteiger charge is 2.30. The van der Waals surface area contributed by atoms with Crippen LogP contribution in [-0.2, 0) is 6.42 Å². The molecule has 0 spiro atoms. The summed E-state index contributed by atoms with van der Waals surface area (Å²) < 4.78 is 10.9. The summed E-state index contributed by atoms with van der Waals surface area (Å²) in [6, 6.07) is 5.04. The van der Waals surface area contributed by atoms with Crippen LogP contribution in [0.15, 0.2) is 35.6 Å². The summed E-state index contributed by atoms with van der Waals surface area (Å²) in [5, 5.41) is 5.21. The summed E-state index contributed by atoms with van der Waals surface area (Å²) in [4.78, 5) is 24.0. The molecule has 1 aliphatic heterocycles. The number of amides is 1. The molecule has 0 atom stereocenters. The van der Waals surface area contributed by atoms with Gasteiger partial charge in [-0.2, -0.15) is 0 Å². The van der Waals surface area contributed by atoms with Crippen LogP contribution in [-0.4, -0.2) is 39.7 Å². The number of thiocarbonyl (C=S) groups is 1. The maximum atomic E-state index is 11.4. The Labute approximate surface area is 167 Å². The van der Waals surface area contributed by atoms with Gasteiger partial charge in [-0.25, -0.2) is 19.8 Å². The lowest BCUT2D eigenvalue weighted by Gasteiger charge is -2.16. The Hall–Kier alpha value is -3.27. The molecule has 0 unspecified atom stereocenters.